The second kappa shape index (κ2) is 5.51. The molecule has 0 aliphatic heterocycles. The number of primary amides is 1. The lowest BCUT2D eigenvalue weighted by Crippen LogP contribution is -2.16. The number of alkyl halides is 6. The highest BCUT2D eigenvalue weighted by Crippen LogP contribution is 2.44. The third kappa shape index (κ3) is 3.30. The molecule has 12 heteroatoms. The van der Waals surface area contributed by atoms with Gasteiger partial charge in [0.15, 0.2) is 5.69 Å². The van der Waals surface area contributed by atoms with Gasteiger partial charge in [-0.2, -0.15) is 41.8 Å². The van der Waals surface area contributed by atoms with Crippen molar-refractivity contribution in [2.75, 3.05) is 0 Å². The number of amides is 1. The van der Waals surface area contributed by atoms with Gasteiger partial charge in [0.05, 0.1) is 11.1 Å². The summed E-state index contributed by atoms with van der Waals surface area (Å²) in [5.41, 5.74) is -0.234. The summed E-state index contributed by atoms with van der Waals surface area (Å²) in [6.07, 6.45) is -9.91. The number of hydrogen-bond donors (Lipinski definition) is 2. The number of benzene rings is 1. The van der Waals surface area contributed by atoms with Gasteiger partial charge >= 0.3 is 12.4 Å². The molecule has 0 saturated heterocycles. The molecule has 0 spiro atoms. The minimum absolute atomic E-state index is 0.233. The number of rotatable bonds is 2. The molecule has 0 bridgehead atoms. The maximum Gasteiger partial charge on any atom is 0.417 e. The van der Waals surface area contributed by atoms with E-state index in [1.807, 2.05) is 5.21 Å². The smallest absolute Gasteiger partial charge is 0.364 e. The van der Waals surface area contributed by atoms with Gasteiger partial charge in [0.2, 0.25) is 0 Å². The minimum atomic E-state index is -4.99. The van der Waals surface area contributed by atoms with Gasteiger partial charge in [-0.15, -0.1) is 0 Å². The SMILES string of the molecule is NC(=O)c1n[nH]nc1-c1cc(C(F)(F)F)c(Br)cc1C(F)(F)F. The van der Waals surface area contributed by atoms with E-state index in [2.05, 4.69) is 26.1 Å². The summed E-state index contributed by atoms with van der Waals surface area (Å²) in [5.74, 6) is -1.24. The van der Waals surface area contributed by atoms with Crippen molar-refractivity contribution >= 4 is 21.8 Å². The van der Waals surface area contributed by atoms with Crippen LogP contribution < -0.4 is 5.73 Å². The van der Waals surface area contributed by atoms with E-state index >= 15 is 0 Å². The van der Waals surface area contributed by atoms with Crippen LogP contribution >= 0.6 is 15.9 Å². The molecule has 3 N–H and O–H groups in total. The lowest BCUT2D eigenvalue weighted by Gasteiger charge is -2.16. The topological polar surface area (TPSA) is 84.7 Å². The standard InChI is InChI=1S/C11H5BrF6N4O/c12-6-2-4(10(13,14)15)3(1-5(6)11(16,17)18)7-8(9(19)23)21-22-20-7/h1-2H,(H2,19,23)(H,20,21,22). The first-order valence-corrected chi connectivity index (χ1v) is 6.41. The van der Waals surface area contributed by atoms with Crippen molar-refractivity contribution in [2.24, 2.45) is 5.73 Å². The van der Waals surface area contributed by atoms with Gasteiger partial charge in [-0.3, -0.25) is 4.79 Å². The van der Waals surface area contributed by atoms with Crippen LogP contribution in [0.4, 0.5) is 26.3 Å². The summed E-state index contributed by atoms with van der Waals surface area (Å²) < 4.78 is 77.2. The monoisotopic (exact) mass is 402 g/mol. The molecule has 0 atom stereocenters. The van der Waals surface area contributed by atoms with Crippen LogP contribution in [0, 0.1) is 0 Å². The fraction of sp³-hybridized carbons (Fsp3) is 0.182. The summed E-state index contributed by atoms with van der Waals surface area (Å²) >= 11 is 2.46. The summed E-state index contributed by atoms with van der Waals surface area (Å²) in [5, 5.41) is 8.44. The maximum absolute atomic E-state index is 13.1. The van der Waals surface area contributed by atoms with Crippen LogP contribution in [0.1, 0.15) is 21.6 Å². The van der Waals surface area contributed by atoms with Crippen LogP contribution in [0.3, 0.4) is 0 Å². The fourth-order valence-electron chi connectivity index (χ4n) is 1.81. The van der Waals surface area contributed by atoms with Crippen molar-refractivity contribution in [3.8, 4) is 11.3 Å². The second-order valence-electron chi connectivity index (χ2n) is 4.26. The van der Waals surface area contributed by atoms with Crippen LogP contribution in [0.2, 0.25) is 0 Å². The van der Waals surface area contributed by atoms with Crippen LogP contribution in [0.15, 0.2) is 16.6 Å². The number of nitrogens with one attached hydrogen (secondary N) is 1. The quantitative estimate of drug-likeness (QED) is 0.755. The van der Waals surface area contributed by atoms with Crippen molar-refractivity contribution in [3.63, 3.8) is 0 Å². The molecule has 0 fully saturated rings. The van der Waals surface area contributed by atoms with Gasteiger partial charge < -0.3 is 5.73 Å². The number of carbonyl (C=O) groups excluding carboxylic acids is 1. The Kier molecular flexibility index (Phi) is 4.13. The van der Waals surface area contributed by atoms with Crippen molar-refractivity contribution in [1.29, 1.82) is 0 Å². The van der Waals surface area contributed by atoms with Crippen LogP contribution in [0.5, 0.6) is 0 Å². The van der Waals surface area contributed by atoms with Crippen molar-refractivity contribution < 1.29 is 31.1 Å². The highest BCUT2D eigenvalue weighted by molar-refractivity contribution is 9.10. The Morgan fingerprint density at radius 2 is 1.61 bits per heavy atom. The Morgan fingerprint density at radius 1 is 1.04 bits per heavy atom. The first-order valence-electron chi connectivity index (χ1n) is 5.61. The van der Waals surface area contributed by atoms with Gasteiger partial charge in [-0.05, 0) is 12.1 Å². The van der Waals surface area contributed by atoms with Crippen LogP contribution in [-0.2, 0) is 12.4 Å². The van der Waals surface area contributed by atoms with Crippen molar-refractivity contribution in [2.45, 2.75) is 12.4 Å². The minimum Gasteiger partial charge on any atom is -0.364 e. The number of aromatic nitrogens is 3. The second-order valence-corrected chi connectivity index (χ2v) is 5.11. The number of H-pyrrole nitrogens is 1. The van der Waals surface area contributed by atoms with E-state index < -0.39 is 50.8 Å². The molecule has 23 heavy (non-hydrogen) atoms. The first-order chi connectivity index (χ1) is 10.4. The molecule has 0 radical (unpaired) electrons. The molecule has 0 aliphatic carbocycles. The van der Waals surface area contributed by atoms with E-state index in [0.717, 1.165) is 0 Å². The Bertz CT molecular complexity index is 767. The molecular formula is C11H5BrF6N4O. The first kappa shape index (κ1) is 17.2. The predicted octanol–water partition coefficient (Wildman–Crippen LogP) is 3.37. The molecule has 1 heterocycles. The molecule has 124 valence electrons. The number of nitrogens with zero attached hydrogens (tertiary/aromatic N) is 2. The summed E-state index contributed by atoms with van der Waals surface area (Å²) in [6, 6.07) is 0.495. The summed E-state index contributed by atoms with van der Waals surface area (Å²) in [4.78, 5) is 11.2. The molecule has 2 aromatic rings. The highest BCUT2D eigenvalue weighted by Gasteiger charge is 2.40. The van der Waals surface area contributed by atoms with E-state index in [9.17, 15) is 31.1 Å². The van der Waals surface area contributed by atoms with Crippen molar-refractivity contribution in [3.05, 3.63) is 33.4 Å². The number of hydrogen-bond acceptors (Lipinski definition) is 3. The third-order valence-corrected chi connectivity index (χ3v) is 3.41. The number of aromatic amines is 1. The molecule has 0 unspecified atom stereocenters. The fourth-order valence-corrected chi connectivity index (χ4v) is 2.38. The number of nitrogens with two attached hydrogens (primary N) is 1. The molecule has 5 nitrogen and oxygen atoms in total. The Labute approximate surface area is 132 Å². The largest absolute Gasteiger partial charge is 0.417 e. The molecule has 1 aromatic heterocycles. The highest BCUT2D eigenvalue weighted by atomic mass is 79.9. The normalized spacial score (nSPS) is 12.5. The van der Waals surface area contributed by atoms with E-state index in [4.69, 9.17) is 5.73 Å². The zero-order chi connectivity index (χ0) is 17.6. The van der Waals surface area contributed by atoms with Crippen LogP contribution in [-0.4, -0.2) is 21.3 Å². The van der Waals surface area contributed by atoms with Gasteiger partial charge in [0, 0.05) is 10.0 Å². The zero-order valence-electron chi connectivity index (χ0n) is 10.7. The molecule has 0 aliphatic rings. The average Bonchev–Trinajstić information content (AvgIpc) is 2.85. The molecule has 1 amide bonds. The third-order valence-electron chi connectivity index (χ3n) is 2.75. The summed E-state index contributed by atoms with van der Waals surface area (Å²) in [7, 11) is 0. The van der Waals surface area contributed by atoms with Crippen LogP contribution in [0.25, 0.3) is 11.3 Å². The zero-order valence-corrected chi connectivity index (χ0v) is 12.3. The Balaban J connectivity index is 2.84. The average molecular weight is 403 g/mol. The number of carbonyl (C=O) groups is 1. The Hall–Kier alpha value is -2.11. The lowest BCUT2D eigenvalue weighted by atomic mass is 9.99. The Morgan fingerprint density at radius 3 is 2.09 bits per heavy atom. The van der Waals surface area contributed by atoms with Gasteiger partial charge in [-0.25, -0.2) is 0 Å². The van der Waals surface area contributed by atoms with E-state index in [1.165, 1.54) is 0 Å². The van der Waals surface area contributed by atoms with Gasteiger partial charge in [0.1, 0.15) is 5.69 Å². The molecular weight excluding hydrogens is 398 g/mol. The van der Waals surface area contributed by atoms with Gasteiger partial charge in [0.25, 0.3) is 5.91 Å². The van der Waals surface area contributed by atoms with Crippen molar-refractivity contribution in [1.82, 2.24) is 15.4 Å². The van der Waals surface area contributed by atoms with E-state index in [1.54, 1.807) is 0 Å². The molecule has 2 rings (SSSR count). The lowest BCUT2D eigenvalue weighted by molar-refractivity contribution is -0.141. The molecule has 1 aromatic carbocycles. The maximum atomic E-state index is 13.1. The molecule has 0 saturated carbocycles. The predicted molar refractivity (Wildman–Crippen MR) is 68.0 cm³/mol. The van der Waals surface area contributed by atoms with Gasteiger partial charge in [-0.1, -0.05) is 15.9 Å². The van der Waals surface area contributed by atoms with E-state index in [-0.39, 0.29) is 12.1 Å². The number of halogens is 7. The van der Waals surface area contributed by atoms with E-state index in [0.29, 0.717) is 0 Å². The summed E-state index contributed by atoms with van der Waals surface area (Å²) in [6.45, 7) is 0.